The summed E-state index contributed by atoms with van der Waals surface area (Å²) in [5, 5.41) is 8.67. The number of para-hydroxylation sites is 1. The van der Waals surface area contributed by atoms with Crippen LogP contribution in [0.1, 0.15) is 42.1 Å². The fraction of sp³-hybridized carbons (Fsp3) is 0.435. The number of piperidine rings is 1. The molecule has 3 aromatic rings. The van der Waals surface area contributed by atoms with E-state index in [4.69, 9.17) is 0 Å². The van der Waals surface area contributed by atoms with E-state index in [1.165, 1.54) is 11.3 Å². The first kappa shape index (κ1) is 20.6. The second-order valence-corrected chi connectivity index (χ2v) is 9.44. The van der Waals surface area contributed by atoms with E-state index in [1.54, 1.807) is 0 Å². The second-order valence-electron chi connectivity index (χ2n) is 8.41. The predicted octanol–water partition coefficient (Wildman–Crippen LogP) is 4.55. The van der Waals surface area contributed by atoms with Gasteiger partial charge < -0.3 is 10.2 Å². The van der Waals surface area contributed by atoms with Crippen molar-refractivity contribution in [2.45, 2.75) is 40.2 Å². The standard InChI is InChI=1S/C23H28N4O2S/c1-15(2)14-27-23-19(16(3)25-27)13-20(30-23)22(29)26-11-9-17(10-12-26)21(28)24-18-7-5-4-6-8-18/h4-8,13,15,17H,9-12,14H2,1-3H3,(H,24,28). The van der Waals surface area contributed by atoms with E-state index in [9.17, 15) is 9.59 Å². The summed E-state index contributed by atoms with van der Waals surface area (Å²) in [6, 6.07) is 11.5. The number of amides is 2. The molecule has 0 aliphatic carbocycles. The average Bonchev–Trinajstić information content (AvgIpc) is 3.29. The Balaban J connectivity index is 1.40. The molecule has 0 bridgehead atoms. The van der Waals surface area contributed by atoms with Crippen LogP contribution in [0.25, 0.3) is 10.2 Å². The molecule has 4 rings (SSSR count). The van der Waals surface area contributed by atoms with Crippen molar-refractivity contribution in [2.75, 3.05) is 18.4 Å². The molecule has 1 aliphatic heterocycles. The molecular formula is C23H28N4O2S. The van der Waals surface area contributed by atoms with E-state index in [2.05, 4.69) is 24.3 Å². The molecule has 1 saturated heterocycles. The van der Waals surface area contributed by atoms with Crippen molar-refractivity contribution in [3.05, 3.63) is 47.0 Å². The Morgan fingerprint density at radius 1 is 1.20 bits per heavy atom. The van der Waals surface area contributed by atoms with Crippen LogP contribution >= 0.6 is 11.3 Å². The predicted molar refractivity (Wildman–Crippen MR) is 121 cm³/mol. The zero-order valence-corrected chi connectivity index (χ0v) is 18.5. The molecule has 1 fully saturated rings. The molecule has 1 aliphatic rings. The Morgan fingerprint density at radius 3 is 2.57 bits per heavy atom. The highest BCUT2D eigenvalue weighted by molar-refractivity contribution is 7.20. The Bertz CT molecular complexity index is 1050. The van der Waals surface area contributed by atoms with Gasteiger partial charge in [-0.2, -0.15) is 5.10 Å². The number of aromatic nitrogens is 2. The number of rotatable bonds is 5. The fourth-order valence-electron chi connectivity index (χ4n) is 3.95. The number of hydrogen-bond donors (Lipinski definition) is 1. The van der Waals surface area contributed by atoms with Crippen molar-refractivity contribution in [1.29, 1.82) is 0 Å². The lowest BCUT2D eigenvalue weighted by atomic mass is 9.95. The van der Waals surface area contributed by atoms with Gasteiger partial charge in [-0.3, -0.25) is 14.3 Å². The van der Waals surface area contributed by atoms with Gasteiger partial charge in [0.25, 0.3) is 5.91 Å². The van der Waals surface area contributed by atoms with Crippen molar-refractivity contribution in [1.82, 2.24) is 14.7 Å². The van der Waals surface area contributed by atoms with Gasteiger partial charge in [-0.15, -0.1) is 11.3 Å². The summed E-state index contributed by atoms with van der Waals surface area (Å²) in [6.45, 7) is 8.40. The van der Waals surface area contributed by atoms with E-state index in [1.807, 2.05) is 52.9 Å². The van der Waals surface area contributed by atoms with Crippen molar-refractivity contribution >= 4 is 39.1 Å². The molecule has 1 aromatic carbocycles. The Labute approximate surface area is 180 Å². The zero-order valence-electron chi connectivity index (χ0n) is 17.7. The quantitative estimate of drug-likeness (QED) is 0.653. The maximum absolute atomic E-state index is 13.1. The third-order valence-corrected chi connectivity index (χ3v) is 6.69. The number of hydrogen-bond acceptors (Lipinski definition) is 4. The summed E-state index contributed by atoms with van der Waals surface area (Å²) in [7, 11) is 0. The van der Waals surface area contributed by atoms with Crippen LogP contribution in [-0.4, -0.2) is 39.6 Å². The number of likely N-dealkylation sites (tertiary alicyclic amines) is 1. The van der Waals surface area contributed by atoms with E-state index in [-0.39, 0.29) is 17.7 Å². The highest BCUT2D eigenvalue weighted by Gasteiger charge is 2.29. The number of thiophene rings is 1. The highest BCUT2D eigenvalue weighted by atomic mass is 32.1. The third-order valence-electron chi connectivity index (χ3n) is 5.55. The van der Waals surface area contributed by atoms with Gasteiger partial charge >= 0.3 is 0 Å². The minimum atomic E-state index is -0.0569. The molecule has 1 N–H and O–H groups in total. The Morgan fingerprint density at radius 2 is 1.90 bits per heavy atom. The minimum Gasteiger partial charge on any atom is -0.338 e. The van der Waals surface area contributed by atoms with Crippen LogP contribution in [0.4, 0.5) is 5.69 Å². The van der Waals surface area contributed by atoms with Crippen molar-refractivity contribution < 1.29 is 9.59 Å². The molecule has 0 unspecified atom stereocenters. The van der Waals surface area contributed by atoms with E-state index in [0.29, 0.717) is 31.8 Å². The topological polar surface area (TPSA) is 67.2 Å². The number of benzene rings is 1. The van der Waals surface area contributed by atoms with Gasteiger partial charge in [0.15, 0.2) is 0 Å². The Kier molecular flexibility index (Phi) is 5.90. The number of nitrogens with one attached hydrogen (secondary N) is 1. The molecule has 7 heteroatoms. The number of fused-ring (bicyclic) bond motifs is 1. The van der Waals surface area contributed by atoms with Gasteiger partial charge in [0.2, 0.25) is 5.91 Å². The van der Waals surface area contributed by atoms with Crippen LogP contribution in [0.2, 0.25) is 0 Å². The monoisotopic (exact) mass is 424 g/mol. The number of carbonyl (C=O) groups is 2. The van der Waals surface area contributed by atoms with Crippen LogP contribution in [-0.2, 0) is 11.3 Å². The van der Waals surface area contributed by atoms with E-state index >= 15 is 0 Å². The normalized spacial score (nSPS) is 15.1. The molecule has 0 radical (unpaired) electrons. The largest absolute Gasteiger partial charge is 0.338 e. The molecule has 0 saturated carbocycles. The third kappa shape index (κ3) is 4.26. The van der Waals surface area contributed by atoms with Crippen LogP contribution in [0.5, 0.6) is 0 Å². The van der Waals surface area contributed by atoms with Crippen molar-refractivity contribution in [2.24, 2.45) is 11.8 Å². The average molecular weight is 425 g/mol. The van der Waals surface area contributed by atoms with Crippen LogP contribution in [0.15, 0.2) is 36.4 Å². The molecule has 3 heterocycles. The lowest BCUT2D eigenvalue weighted by Gasteiger charge is -2.31. The van der Waals surface area contributed by atoms with Gasteiger partial charge in [-0.1, -0.05) is 32.0 Å². The lowest BCUT2D eigenvalue weighted by molar-refractivity contribution is -0.121. The molecule has 2 aromatic heterocycles. The first-order valence-corrected chi connectivity index (χ1v) is 11.4. The van der Waals surface area contributed by atoms with E-state index < -0.39 is 0 Å². The first-order valence-electron chi connectivity index (χ1n) is 10.5. The fourth-order valence-corrected chi connectivity index (χ4v) is 5.09. The van der Waals surface area contributed by atoms with Crippen LogP contribution in [0.3, 0.4) is 0 Å². The second kappa shape index (κ2) is 8.60. The molecule has 2 amide bonds. The first-order chi connectivity index (χ1) is 14.4. The van der Waals surface area contributed by atoms with E-state index in [0.717, 1.165) is 33.0 Å². The maximum atomic E-state index is 13.1. The summed E-state index contributed by atoms with van der Waals surface area (Å²) in [5.74, 6) is 0.543. The van der Waals surface area contributed by atoms with Crippen LogP contribution in [0, 0.1) is 18.8 Å². The zero-order chi connectivity index (χ0) is 21.3. The van der Waals surface area contributed by atoms with Crippen LogP contribution < -0.4 is 5.32 Å². The summed E-state index contributed by atoms with van der Waals surface area (Å²) < 4.78 is 2.02. The lowest BCUT2D eigenvalue weighted by Crippen LogP contribution is -2.41. The molecule has 0 spiro atoms. The molecule has 0 atom stereocenters. The highest BCUT2D eigenvalue weighted by Crippen LogP contribution is 2.31. The van der Waals surface area contributed by atoms with Gasteiger partial charge in [-0.25, -0.2) is 0 Å². The summed E-state index contributed by atoms with van der Waals surface area (Å²) >= 11 is 1.53. The number of nitrogens with zero attached hydrogens (tertiary/aromatic N) is 3. The summed E-state index contributed by atoms with van der Waals surface area (Å²) in [5.41, 5.74) is 1.79. The van der Waals surface area contributed by atoms with Crippen molar-refractivity contribution in [3.8, 4) is 0 Å². The number of carbonyl (C=O) groups excluding carboxylic acids is 2. The van der Waals surface area contributed by atoms with Gasteiger partial charge in [0.1, 0.15) is 4.83 Å². The number of anilines is 1. The molecule has 6 nitrogen and oxygen atoms in total. The van der Waals surface area contributed by atoms with Gasteiger partial charge in [0.05, 0.1) is 10.6 Å². The van der Waals surface area contributed by atoms with Gasteiger partial charge in [-0.05, 0) is 43.9 Å². The maximum Gasteiger partial charge on any atom is 0.264 e. The SMILES string of the molecule is Cc1nn(CC(C)C)c2sc(C(=O)N3CCC(C(=O)Nc4ccccc4)CC3)cc12. The molecular weight excluding hydrogens is 396 g/mol. The summed E-state index contributed by atoms with van der Waals surface area (Å²) in [6.07, 6.45) is 1.38. The summed E-state index contributed by atoms with van der Waals surface area (Å²) in [4.78, 5) is 29.3. The Hall–Kier alpha value is -2.67. The van der Waals surface area contributed by atoms with Gasteiger partial charge in [0, 0.05) is 36.6 Å². The molecule has 158 valence electrons. The number of aryl methyl sites for hydroxylation is 1. The smallest absolute Gasteiger partial charge is 0.264 e. The minimum absolute atomic E-state index is 0.0413. The molecule has 30 heavy (non-hydrogen) atoms. The van der Waals surface area contributed by atoms with Crippen molar-refractivity contribution in [3.63, 3.8) is 0 Å².